The normalized spacial score (nSPS) is 27.2. The highest BCUT2D eigenvalue weighted by Gasteiger charge is 2.40. The average Bonchev–Trinajstić information content (AvgIpc) is 2.62. The molecular formula is C10H13BrN2O. The maximum Gasteiger partial charge on any atom is 0.160 e. The van der Waals surface area contributed by atoms with E-state index in [-0.39, 0.29) is 0 Å². The number of rotatable bonds is 1. The molecule has 1 aliphatic rings. The van der Waals surface area contributed by atoms with Crippen molar-refractivity contribution < 1.29 is 4.79 Å². The standard InChI is InChI=1S/C10H13BrN2O/c1-7-8(11)6-12-13(7)10(2)5-3-4-9(10)14/h6H,3-5H2,1-2H3. The number of carbonyl (C=O) groups excluding carboxylic acids is 1. The number of nitrogens with zero attached hydrogens (tertiary/aromatic N) is 2. The first-order valence-electron chi connectivity index (χ1n) is 4.79. The molecule has 76 valence electrons. The Hall–Kier alpha value is -0.640. The number of Topliss-reactive ketones (excluding diaryl/α,β-unsaturated/α-hetero) is 1. The first-order chi connectivity index (χ1) is 6.55. The van der Waals surface area contributed by atoms with Gasteiger partial charge >= 0.3 is 0 Å². The molecule has 0 spiro atoms. The average molecular weight is 257 g/mol. The van der Waals surface area contributed by atoms with E-state index in [0.29, 0.717) is 12.2 Å². The van der Waals surface area contributed by atoms with Gasteiger partial charge in [0, 0.05) is 6.42 Å². The fourth-order valence-corrected chi connectivity index (χ4v) is 2.37. The van der Waals surface area contributed by atoms with Crippen LogP contribution in [0.4, 0.5) is 0 Å². The van der Waals surface area contributed by atoms with Gasteiger partial charge in [0.15, 0.2) is 5.78 Å². The molecule has 2 rings (SSSR count). The topological polar surface area (TPSA) is 34.9 Å². The second kappa shape index (κ2) is 3.19. The molecule has 0 bridgehead atoms. The first kappa shape index (κ1) is 9.90. The van der Waals surface area contributed by atoms with Crippen molar-refractivity contribution in [2.24, 2.45) is 0 Å². The highest BCUT2D eigenvalue weighted by Crippen LogP contribution is 2.34. The fourth-order valence-electron chi connectivity index (χ4n) is 2.11. The molecular weight excluding hydrogens is 244 g/mol. The second-order valence-electron chi connectivity index (χ2n) is 4.04. The monoisotopic (exact) mass is 256 g/mol. The Morgan fingerprint density at radius 2 is 2.36 bits per heavy atom. The molecule has 0 aromatic carbocycles. The highest BCUT2D eigenvalue weighted by molar-refractivity contribution is 9.10. The van der Waals surface area contributed by atoms with Crippen LogP contribution in [0, 0.1) is 6.92 Å². The zero-order chi connectivity index (χ0) is 10.3. The molecule has 1 saturated carbocycles. The lowest BCUT2D eigenvalue weighted by Gasteiger charge is -2.24. The van der Waals surface area contributed by atoms with Crippen LogP contribution in [0.1, 0.15) is 31.9 Å². The van der Waals surface area contributed by atoms with Gasteiger partial charge in [-0.05, 0) is 42.6 Å². The van der Waals surface area contributed by atoms with Gasteiger partial charge in [0.1, 0.15) is 5.54 Å². The van der Waals surface area contributed by atoms with Crippen LogP contribution >= 0.6 is 15.9 Å². The minimum atomic E-state index is -0.407. The quantitative estimate of drug-likeness (QED) is 0.774. The summed E-state index contributed by atoms with van der Waals surface area (Å²) in [6.07, 6.45) is 4.33. The predicted octanol–water partition coefficient (Wildman–Crippen LogP) is 2.42. The minimum absolute atomic E-state index is 0.302. The maximum absolute atomic E-state index is 11.8. The van der Waals surface area contributed by atoms with Crippen molar-refractivity contribution in [2.45, 2.75) is 38.6 Å². The summed E-state index contributed by atoms with van der Waals surface area (Å²) in [7, 11) is 0. The molecule has 1 aromatic heterocycles. The minimum Gasteiger partial charge on any atom is -0.297 e. The Morgan fingerprint density at radius 1 is 1.64 bits per heavy atom. The van der Waals surface area contributed by atoms with Crippen LogP contribution in [0.2, 0.25) is 0 Å². The summed E-state index contributed by atoms with van der Waals surface area (Å²) in [6.45, 7) is 3.96. The smallest absolute Gasteiger partial charge is 0.160 e. The molecule has 1 aromatic rings. The lowest BCUT2D eigenvalue weighted by atomic mass is 9.99. The Labute approximate surface area is 91.6 Å². The van der Waals surface area contributed by atoms with E-state index in [1.54, 1.807) is 6.20 Å². The lowest BCUT2D eigenvalue weighted by Crippen LogP contribution is -2.36. The SMILES string of the molecule is Cc1c(Br)cnn1C1(C)CCCC1=O. The molecule has 4 heteroatoms. The molecule has 1 fully saturated rings. The van der Waals surface area contributed by atoms with Gasteiger partial charge in [-0.1, -0.05) is 0 Å². The van der Waals surface area contributed by atoms with E-state index in [4.69, 9.17) is 0 Å². The summed E-state index contributed by atoms with van der Waals surface area (Å²) in [6, 6.07) is 0. The molecule has 1 aliphatic carbocycles. The van der Waals surface area contributed by atoms with Crippen LogP contribution in [0.3, 0.4) is 0 Å². The molecule has 0 aliphatic heterocycles. The third-order valence-electron chi connectivity index (χ3n) is 3.09. The van der Waals surface area contributed by atoms with Gasteiger partial charge in [-0.15, -0.1) is 0 Å². The summed E-state index contributed by atoms with van der Waals surface area (Å²) in [5, 5.41) is 4.27. The number of ketones is 1. The van der Waals surface area contributed by atoms with Gasteiger partial charge in [0.25, 0.3) is 0 Å². The zero-order valence-electron chi connectivity index (χ0n) is 8.38. The van der Waals surface area contributed by atoms with Crippen molar-refractivity contribution in [1.29, 1.82) is 0 Å². The van der Waals surface area contributed by atoms with Gasteiger partial charge in [-0.25, -0.2) is 0 Å². The maximum atomic E-state index is 11.8. The van der Waals surface area contributed by atoms with Crippen LogP contribution in [0.5, 0.6) is 0 Å². The zero-order valence-corrected chi connectivity index (χ0v) is 9.97. The van der Waals surface area contributed by atoms with Gasteiger partial charge in [0.05, 0.1) is 16.4 Å². The highest BCUT2D eigenvalue weighted by atomic mass is 79.9. The third kappa shape index (κ3) is 1.24. The molecule has 1 unspecified atom stereocenters. The Kier molecular flexibility index (Phi) is 2.26. The summed E-state index contributed by atoms with van der Waals surface area (Å²) in [5.74, 6) is 0.302. The van der Waals surface area contributed by atoms with Gasteiger partial charge in [0.2, 0.25) is 0 Å². The Morgan fingerprint density at radius 3 is 2.79 bits per heavy atom. The predicted molar refractivity (Wildman–Crippen MR) is 57.2 cm³/mol. The van der Waals surface area contributed by atoms with E-state index < -0.39 is 5.54 Å². The van der Waals surface area contributed by atoms with E-state index in [2.05, 4.69) is 21.0 Å². The largest absolute Gasteiger partial charge is 0.297 e. The van der Waals surface area contributed by atoms with Gasteiger partial charge in [-0.3, -0.25) is 9.48 Å². The molecule has 1 heterocycles. The Balaban J connectivity index is 2.48. The van der Waals surface area contributed by atoms with Crippen LogP contribution in [-0.2, 0) is 10.3 Å². The second-order valence-corrected chi connectivity index (χ2v) is 4.89. The van der Waals surface area contributed by atoms with Crippen molar-refractivity contribution in [3.05, 3.63) is 16.4 Å². The van der Waals surface area contributed by atoms with E-state index in [9.17, 15) is 4.79 Å². The first-order valence-corrected chi connectivity index (χ1v) is 5.59. The van der Waals surface area contributed by atoms with Crippen molar-refractivity contribution in [3.8, 4) is 0 Å². The molecule has 1 atom stereocenters. The number of halogens is 1. The molecule has 0 radical (unpaired) electrons. The van der Waals surface area contributed by atoms with Crippen molar-refractivity contribution in [2.75, 3.05) is 0 Å². The third-order valence-corrected chi connectivity index (χ3v) is 3.86. The summed E-state index contributed by atoms with van der Waals surface area (Å²) < 4.78 is 2.82. The van der Waals surface area contributed by atoms with Crippen molar-refractivity contribution in [1.82, 2.24) is 9.78 Å². The van der Waals surface area contributed by atoms with Crippen LogP contribution < -0.4 is 0 Å². The fraction of sp³-hybridized carbons (Fsp3) is 0.600. The van der Waals surface area contributed by atoms with E-state index in [1.165, 1.54) is 0 Å². The van der Waals surface area contributed by atoms with Crippen molar-refractivity contribution >= 4 is 21.7 Å². The van der Waals surface area contributed by atoms with Gasteiger partial charge in [-0.2, -0.15) is 5.10 Å². The van der Waals surface area contributed by atoms with Crippen LogP contribution in [-0.4, -0.2) is 15.6 Å². The van der Waals surface area contributed by atoms with Crippen molar-refractivity contribution in [3.63, 3.8) is 0 Å². The van der Waals surface area contributed by atoms with Crippen LogP contribution in [0.15, 0.2) is 10.7 Å². The van der Waals surface area contributed by atoms with Gasteiger partial charge < -0.3 is 0 Å². The number of carbonyl (C=O) groups is 1. The summed E-state index contributed by atoms with van der Waals surface area (Å²) in [4.78, 5) is 11.8. The van der Waals surface area contributed by atoms with Crippen LogP contribution in [0.25, 0.3) is 0 Å². The number of hydrogen-bond acceptors (Lipinski definition) is 2. The number of hydrogen-bond donors (Lipinski definition) is 0. The lowest BCUT2D eigenvalue weighted by molar-refractivity contribution is -0.124. The summed E-state index contributed by atoms with van der Waals surface area (Å²) >= 11 is 3.41. The van der Waals surface area contributed by atoms with E-state index >= 15 is 0 Å². The molecule has 3 nitrogen and oxygen atoms in total. The molecule has 14 heavy (non-hydrogen) atoms. The van der Waals surface area contributed by atoms with E-state index in [1.807, 2.05) is 18.5 Å². The Bertz CT molecular complexity index is 385. The van der Waals surface area contributed by atoms with E-state index in [0.717, 1.165) is 23.0 Å². The summed E-state index contributed by atoms with van der Waals surface area (Å²) in [5.41, 5.74) is 0.624. The molecule has 0 N–H and O–H groups in total. The molecule has 0 amide bonds. The molecule has 0 saturated heterocycles. The number of aromatic nitrogens is 2.